The number of hydrogen-bond donors (Lipinski definition) is 3. The molecule has 1 atom stereocenters. The van der Waals surface area contributed by atoms with Gasteiger partial charge in [-0.25, -0.2) is 4.99 Å². The van der Waals surface area contributed by atoms with E-state index in [-0.39, 0.29) is 18.3 Å². The number of oxime groups is 1. The van der Waals surface area contributed by atoms with E-state index in [9.17, 15) is 4.79 Å². The molecular formula is C24H38N6O2. The van der Waals surface area contributed by atoms with Gasteiger partial charge in [0.25, 0.3) is 5.91 Å². The fourth-order valence-corrected chi connectivity index (χ4v) is 4.14. The standard InChI is InChI=1S/C24H38N6O2/c1-6-20(29-32-16(2)3)23(31)25-15-17-11-13-18(14-12-17)26-24-27-21-10-8-7-9-19(21)22(28-24)30(4)5/h7-10,16-18,24,26-27H,6,11-15H2,1-5H3,(H,25,31)/b29-20+. The molecule has 1 aromatic carbocycles. The molecule has 2 aliphatic rings. The maximum Gasteiger partial charge on any atom is 0.269 e. The summed E-state index contributed by atoms with van der Waals surface area (Å²) in [6, 6.07) is 8.69. The molecule has 1 aromatic rings. The smallest absolute Gasteiger partial charge is 0.269 e. The highest BCUT2D eigenvalue weighted by molar-refractivity contribution is 6.38. The number of carbonyl (C=O) groups excluding carboxylic acids is 1. The summed E-state index contributed by atoms with van der Waals surface area (Å²) in [6.07, 6.45) is 4.68. The second-order valence-electron chi connectivity index (χ2n) is 9.08. The molecule has 176 valence electrons. The van der Waals surface area contributed by atoms with Crippen molar-refractivity contribution in [1.29, 1.82) is 0 Å². The quantitative estimate of drug-likeness (QED) is 0.425. The molecule has 1 aliphatic carbocycles. The van der Waals surface area contributed by atoms with Gasteiger partial charge in [-0.05, 0) is 64.0 Å². The first kappa shape index (κ1) is 24.0. The lowest BCUT2D eigenvalue weighted by atomic mass is 9.86. The Labute approximate surface area is 191 Å². The van der Waals surface area contributed by atoms with Crippen LogP contribution in [0.5, 0.6) is 0 Å². The summed E-state index contributed by atoms with van der Waals surface area (Å²) in [5.74, 6) is 1.36. The first-order chi connectivity index (χ1) is 15.4. The Bertz CT molecular complexity index is 828. The maximum absolute atomic E-state index is 12.4. The van der Waals surface area contributed by atoms with Crippen molar-refractivity contribution in [3.63, 3.8) is 0 Å². The Kier molecular flexibility index (Phi) is 8.50. The molecular weight excluding hydrogens is 404 g/mol. The summed E-state index contributed by atoms with van der Waals surface area (Å²) < 4.78 is 0. The molecule has 1 heterocycles. The van der Waals surface area contributed by atoms with E-state index in [2.05, 4.69) is 38.1 Å². The van der Waals surface area contributed by atoms with Crippen LogP contribution in [0.4, 0.5) is 5.69 Å². The zero-order chi connectivity index (χ0) is 23.1. The fourth-order valence-electron chi connectivity index (χ4n) is 4.14. The third-order valence-electron chi connectivity index (χ3n) is 5.90. The fraction of sp³-hybridized carbons (Fsp3) is 0.625. The van der Waals surface area contributed by atoms with Gasteiger partial charge in [-0.1, -0.05) is 24.2 Å². The number of amides is 1. The van der Waals surface area contributed by atoms with Crippen LogP contribution in [0.1, 0.15) is 58.4 Å². The van der Waals surface area contributed by atoms with Crippen molar-refractivity contribution < 1.29 is 9.63 Å². The van der Waals surface area contributed by atoms with Crippen molar-refractivity contribution in [3.8, 4) is 0 Å². The molecule has 8 nitrogen and oxygen atoms in total. The van der Waals surface area contributed by atoms with Crippen LogP contribution in [-0.2, 0) is 9.63 Å². The van der Waals surface area contributed by atoms with E-state index >= 15 is 0 Å². The van der Waals surface area contributed by atoms with Crippen molar-refractivity contribution >= 4 is 23.1 Å². The third kappa shape index (κ3) is 6.45. The minimum absolute atomic E-state index is 0.0302. The lowest BCUT2D eigenvalue weighted by Gasteiger charge is -2.34. The highest BCUT2D eigenvalue weighted by Gasteiger charge is 2.27. The third-order valence-corrected chi connectivity index (χ3v) is 5.90. The molecule has 0 aromatic heterocycles. The SMILES string of the molecule is CC/C(=N\OC(C)C)C(=O)NCC1CCC(NC2N=C(N(C)C)c3ccccc3N2)CC1. The summed E-state index contributed by atoms with van der Waals surface area (Å²) in [5, 5.41) is 14.2. The van der Waals surface area contributed by atoms with E-state index in [4.69, 9.17) is 9.83 Å². The number of nitrogens with zero attached hydrogens (tertiary/aromatic N) is 3. The van der Waals surface area contributed by atoms with Crippen molar-refractivity contribution in [2.45, 2.75) is 71.3 Å². The van der Waals surface area contributed by atoms with Gasteiger partial charge in [-0.2, -0.15) is 0 Å². The van der Waals surface area contributed by atoms with E-state index in [1.807, 2.05) is 47.0 Å². The summed E-state index contributed by atoms with van der Waals surface area (Å²) in [6.45, 7) is 6.40. The highest BCUT2D eigenvalue weighted by Crippen LogP contribution is 2.26. The van der Waals surface area contributed by atoms with Gasteiger partial charge in [0.15, 0.2) is 6.29 Å². The molecule has 0 radical (unpaired) electrons. The van der Waals surface area contributed by atoms with E-state index in [0.717, 1.165) is 42.8 Å². The molecule has 1 saturated carbocycles. The molecule has 1 amide bonds. The molecule has 3 rings (SSSR count). The van der Waals surface area contributed by atoms with Gasteiger partial charge in [0.05, 0.1) is 0 Å². The number of nitrogens with one attached hydrogen (secondary N) is 3. The predicted molar refractivity (Wildman–Crippen MR) is 130 cm³/mol. The summed E-state index contributed by atoms with van der Waals surface area (Å²) in [4.78, 5) is 24.6. The lowest BCUT2D eigenvalue weighted by Crippen LogP contribution is -2.47. The largest absolute Gasteiger partial charge is 0.393 e. The van der Waals surface area contributed by atoms with Crippen LogP contribution in [0.15, 0.2) is 34.4 Å². The Morgan fingerprint density at radius 3 is 2.62 bits per heavy atom. The molecule has 1 aliphatic heterocycles. The van der Waals surface area contributed by atoms with Crippen molar-refractivity contribution in [3.05, 3.63) is 29.8 Å². The van der Waals surface area contributed by atoms with Crippen molar-refractivity contribution in [2.75, 3.05) is 26.0 Å². The van der Waals surface area contributed by atoms with E-state index < -0.39 is 0 Å². The minimum Gasteiger partial charge on any atom is -0.393 e. The van der Waals surface area contributed by atoms with E-state index in [1.165, 1.54) is 0 Å². The van der Waals surface area contributed by atoms with Crippen LogP contribution in [0, 0.1) is 5.92 Å². The zero-order valence-corrected chi connectivity index (χ0v) is 20.0. The molecule has 3 N–H and O–H groups in total. The Morgan fingerprint density at radius 1 is 1.25 bits per heavy atom. The van der Waals surface area contributed by atoms with Gasteiger partial charge < -0.3 is 20.4 Å². The lowest BCUT2D eigenvalue weighted by molar-refractivity contribution is -0.115. The number of fused-ring (bicyclic) bond motifs is 1. The van der Waals surface area contributed by atoms with Gasteiger partial charge in [0, 0.05) is 37.9 Å². The van der Waals surface area contributed by atoms with Gasteiger partial charge in [-0.15, -0.1) is 0 Å². The van der Waals surface area contributed by atoms with Gasteiger partial charge >= 0.3 is 0 Å². The number of rotatable bonds is 8. The van der Waals surface area contributed by atoms with Gasteiger partial charge in [-0.3, -0.25) is 10.1 Å². The molecule has 1 fully saturated rings. The second-order valence-corrected chi connectivity index (χ2v) is 9.08. The number of carbonyl (C=O) groups is 1. The zero-order valence-electron chi connectivity index (χ0n) is 20.0. The molecule has 0 bridgehead atoms. The molecule has 32 heavy (non-hydrogen) atoms. The first-order valence-electron chi connectivity index (χ1n) is 11.7. The Hall–Kier alpha value is -2.61. The normalized spacial score (nSPS) is 23.1. The van der Waals surface area contributed by atoms with Crippen LogP contribution in [0.2, 0.25) is 0 Å². The van der Waals surface area contributed by atoms with E-state index in [0.29, 0.717) is 30.6 Å². The van der Waals surface area contributed by atoms with E-state index in [1.54, 1.807) is 0 Å². The average molecular weight is 443 g/mol. The predicted octanol–water partition coefficient (Wildman–Crippen LogP) is 3.16. The second kappa shape index (κ2) is 11.3. The molecule has 0 spiro atoms. The van der Waals surface area contributed by atoms with Crippen molar-refractivity contribution in [1.82, 2.24) is 15.5 Å². The monoisotopic (exact) mass is 442 g/mol. The molecule has 0 saturated heterocycles. The number of amidine groups is 1. The van der Waals surface area contributed by atoms with Crippen LogP contribution >= 0.6 is 0 Å². The summed E-state index contributed by atoms with van der Waals surface area (Å²) in [5.41, 5.74) is 2.69. The molecule has 1 unspecified atom stereocenters. The molecule has 8 heteroatoms. The number of anilines is 1. The number of para-hydroxylation sites is 1. The van der Waals surface area contributed by atoms with Crippen LogP contribution in [-0.4, -0.2) is 61.4 Å². The van der Waals surface area contributed by atoms with Gasteiger partial charge in [0.1, 0.15) is 17.7 Å². The maximum atomic E-state index is 12.4. The highest BCUT2D eigenvalue weighted by atomic mass is 16.6. The van der Waals surface area contributed by atoms with Gasteiger partial charge in [0.2, 0.25) is 0 Å². The van der Waals surface area contributed by atoms with Crippen LogP contribution in [0.25, 0.3) is 0 Å². The van der Waals surface area contributed by atoms with Crippen LogP contribution in [0.3, 0.4) is 0 Å². The topological polar surface area (TPSA) is 90.3 Å². The number of benzene rings is 1. The first-order valence-corrected chi connectivity index (χ1v) is 11.7. The average Bonchev–Trinajstić information content (AvgIpc) is 2.78. The van der Waals surface area contributed by atoms with Crippen LogP contribution < -0.4 is 16.0 Å². The minimum atomic E-state index is -0.132. The number of aliphatic imine (C=N–C) groups is 1. The summed E-state index contributed by atoms with van der Waals surface area (Å²) >= 11 is 0. The summed E-state index contributed by atoms with van der Waals surface area (Å²) in [7, 11) is 4.06. The Balaban J connectivity index is 1.47. The van der Waals surface area contributed by atoms with Crippen molar-refractivity contribution in [2.24, 2.45) is 16.1 Å². The Morgan fingerprint density at radius 2 is 1.97 bits per heavy atom. The number of hydrogen-bond acceptors (Lipinski definition) is 7.